The maximum atomic E-state index is 5.93. The topological polar surface area (TPSA) is 42.7 Å². The van der Waals surface area contributed by atoms with E-state index >= 15 is 0 Å². The van der Waals surface area contributed by atoms with Crippen molar-refractivity contribution in [3.63, 3.8) is 0 Å². The molecule has 0 fully saturated rings. The predicted octanol–water partition coefficient (Wildman–Crippen LogP) is 2.69. The van der Waals surface area contributed by atoms with E-state index in [2.05, 4.69) is 27.6 Å². The molecule has 0 spiro atoms. The van der Waals surface area contributed by atoms with Gasteiger partial charge in [0.05, 0.1) is 18.8 Å². The first-order chi connectivity index (χ1) is 8.08. The second-order valence-electron chi connectivity index (χ2n) is 3.99. The number of rotatable bonds is 4. The monoisotopic (exact) mass is 270 g/mol. The van der Waals surface area contributed by atoms with Crippen molar-refractivity contribution in [2.45, 2.75) is 26.4 Å². The van der Waals surface area contributed by atoms with Crippen molar-refractivity contribution in [3.05, 3.63) is 33.3 Å². The van der Waals surface area contributed by atoms with E-state index in [0.29, 0.717) is 11.7 Å². The van der Waals surface area contributed by atoms with Crippen molar-refractivity contribution in [1.29, 1.82) is 0 Å². The number of imidazole rings is 1. The quantitative estimate of drug-likeness (QED) is 0.929. The molecule has 0 aliphatic carbocycles. The zero-order chi connectivity index (χ0) is 12.4. The first-order valence-electron chi connectivity index (χ1n) is 5.39. The molecular formula is C11H15ClN4S. The highest BCUT2D eigenvalue weighted by Crippen LogP contribution is 2.18. The van der Waals surface area contributed by atoms with Crippen molar-refractivity contribution in [3.8, 4) is 0 Å². The van der Waals surface area contributed by atoms with E-state index in [0.717, 1.165) is 16.5 Å². The van der Waals surface area contributed by atoms with Crippen LogP contribution in [-0.4, -0.2) is 14.5 Å². The highest BCUT2D eigenvalue weighted by molar-refractivity contribution is 7.09. The number of halogens is 1. The number of hydrogen-bond acceptors (Lipinski definition) is 4. The number of hydrogen-bond donors (Lipinski definition) is 1. The molecule has 2 rings (SSSR count). The summed E-state index contributed by atoms with van der Waals surface area (Å²) in [4.78, 5) is 8.69. The van der Waals surface area contributed by atoms with E-state index < -0.39 is 0 Å². The van der Waals surface area contributed by atoms with Crippen LogP contribution in [0, 0.1) is 6.92 Å². The van der Waals surface area contributed by atoms with Crippen LogP contribution < -0.4 is 5.32 Å². The summed E-state index contributed by atoms with van der Waals surface area (Å²) < 4.78 is 1.87. The number of thiazole rings is 1. The molecule has 92 valence electrons. The van der Waals surface area contributed by atoms with E-state index in [4.69, 9.17) is 11.6 Å². The van der Waals surface area contributed by atoms with Crippen molar-refractivity contribution < 1.29 is 0 Å². The third-order valence-electron chi connectivity index (χ3n) is 2.60. The van der Waals surface area contributed by atoms with Gasteiger partial charge in [-0.1, -0.05) is 11.6 Å². The predicted molar refractivity (Wildman–Crippen MR) is 70.3 cm³/mol. The van der Waals surface area contributed by atoms with Crippen LogP contribution in [0.5, 0.6) is 0 Å². The summed E-state index contributed by atoms with van der Waals surface area (Å²) in [5, 5.41) is 7.20. The molecule has 6 heteroatoms. The smallest absolute Gasteiger partial charge is 0.128 e. The molecule has 0 saturated carbocycles. The van der Waals surface area contributed by atoms with Crippen LogP contribution in [0.1, 0.15) is 29.5 Å². The Kier molecular flexibility index (Phi) is 3.81. The highest BCUT2D eigenvalue weighted by atomic mass is 35.5. The number of aryl methyl sites for hydroxylation is 1. The molecular weight excluding hydrogens is 256 g/mol. The van der Waals surface area contributed by atoms with Crippen LogP contribution in [0.2, 0.25) is 5.15 Å². The summed E-state index contributed by atoms with van der Waals surface area (Å²) in [6.07, 6.45) is 1.66. The minimum atomic E-state index is 0.226. The molecule has 1 unspecified atom stereocenters. The molecule has 17 heavy (non-hydrogen) atoms. The van der Waals surface area contributed by atoms with Crippen molar-refractivity contribution in [1.82, 2.24) is 19.9 Å². The molecule has 0 aromatic carbocycles. The molecule has 2 aromatic rings. The highest BCUT2D eigenvalue weighted by Gasteiger charge is 2.10. The minimum absolute atomic E-state index is 0.226. The molecule has 2 aromatic heterocycles. The first kappa shape index (κ1) is 12.5. The van der Waals surface area contributed by atoms with Gasteiger partial charge in [-0.2, -0.15) is 0 Å². The molecule has 4 nitrogen and oxygen atoms in total. The van der Waals surface area contributed by atoms with Crippen LogP contribution >= 0.6 is 22.9 Å². The molecule has 0 radical (unpaired) electrons. The summed E-state index contributed by atoms with van der Waals surface area (Å²) in [6, 6.07) is 0.226. The lowest BCUT2D eigenvalue weighted by Crippen LogP contribution is -2.20. The van der Waals surface area contributed by atoms with E-state index in [1.165, 1.54) is 0 Å². The summed E-state index contributed by atoms with van der Waals surface area (Å²) in [5.41, 5.74) is 1.07. The standard InChI is InChI=1S/C11H15ClN4S/c1-7-6-17-11(15-7)8(2)13-5-10-14-4-9(12)16(10)3/h4,6,8,13H,5H2,1-3H3. The number of nitrogens with zero attached hydrogens (tertiary/aromatic N) is 3. The van der Waals surface area contributed by atoms with Gasteiger partial charge in [-0.05, 0) is 13.8 Å². The molecule has 1 atom stereocenters. The van der Waals surface area contributed by atoms with Crippen LogP contribution in [0.3, 0.4) is 0 Å². The Hall–Kier alpha value is -0.910. The normalized spacial score (nSPS) is 12.9. The van der Waals surface area contributed by atoms with Gasteiger partial charge in [0.15, 0.2) is 0 Å². The summed E-state index contributed by atoms with van der Waals surface area (Å²) >= 11 is 7.60. The molecule has 0 bridgehead atoms. The zero-order valence-electron chi connectivity index (χ0n) is 10.1. The molecule has 0 amide bonds. The molecule has 0 aliphatic heterocycles. The van der Waals surface area contributed by atoms with Gasteiger partial charge in [-0.3, -0.25) is 0 Å². The lowest BCUT2D eigenvalue weighted by molar-refractivity contribution is 0.546. The fraction of sp³-hybridized carbons (Fsp3) is 0.455. The van der Waals surface area contributed by atoms with Gasteiger partial charge in [0.2, 0.25) is 0 Å². The van der Waals surface area contributed by atoms with Gasteiger partial charge in [-0.15, -0.1) is 11.3 Å². The fourth-order valence-electron chi connectivity index (χ4n) is 1.49. The lowest BCUT2D eigenvalue weighted by Gasteiger charge is -2.10. The Morgan fingerprint density at radius 3 is 2.88 bits per heavy atom. The fourth-order valence-corrected chi connectivity index (χ4v) is 2.47. The van der Waals surface area contributed by atoms with Gasteiger partial charge in [0.1, 0.15) is 16.0 Å². The Labute approximate surface area is 110 Å². The Balaban J connectivity index is 1.96. The summed E-state index contributed by atoms with van der Waals surface area (Å²) in [7, 11) is 1.91. The van der Waals surface area contributed by atoms with Crippen molar-refractivity contribution in [2.75, 3.05) is 0 Å². The third-order valence-corrected chi connectivity index (χ3v) is 4.10. The zero-order valence-corrected chi connectivity index (χ0v) is 11.6. The van der Waals surface area contributed by atoms with Crippen LogP contribution in [-0.2, 0) is 13.6 Å². The van der Waals surface area contributed by atoms with E-state index in [-0.39, 0.29) is 6.04 Å². The Bertz CT molecular complexity index is 505. The first-order valence-corrected chi connectivity index (χ1v) is 6.65. The summed E-state index contributed by atoms with van der Waals surface area (Å²) in [5.74, 6) is 0.926. The lowest BCUT2D eigenvalue weighted by atomic mass is 10.3. The van der Waals surface area contributed by atoms with E-state index in [1.807, 2.05) is 18.5 Å². The number of nitrogens with one attached hydrogen (secondary N) is 1. The SMILES string of the molecule is Cc1csc(C(C)NCc2ncc(Cl)n2C)n1. The van der Waals surface area contributed by atoms with Crippen LogP contribution in [0.15, 0.2) is 11.6 Å². The van der Waals surface area contributed by atoms with E-state index in [9.17, 15) is 0 Å². The van der Waals surface area contributed by atoms with Crippen LogP contribution in [0.25, 0.3) is 0 Å². The molecule has 1 N–H and O–H groups in total. The number of aromatic nitrogens is 3. The minimum Gasteiger partial charge on any atom is -0.321 e. The molecule has 0 aliphatic rings. The van der Waals surface area contributed by atoms with Gasteiger partial charge >= 0.3 is 0 Å². The van der Waals surface area contributed by atoms with Gasteiger partial charge < -0.3 is 9.88 Å². The van der Waals surface area contributed by atoms with Gasteiger partial charge in [-0.25, -0.2) is 9.97 Å². The van der Waals surface area contributed by atoms with Gasteiger partial charge in [0.25, 0.3) is 0 Å². The second-order valence-corrected chi connectivity index (χ2v) is 5.26. The average molecular weight is 271 g/mol. The van der Waals surface area contributed by atoms with E-state index in [1.54, 1.807) is 17.5 Å². The maximum Gasteiger partial charge on any atom is 0.128 e. The van der Waals surface area contributed by atoms with Gasteiger partial charge in [0, 0.05) is 18.1 Å². The van der Waals surface area contributed by atoms with Crippen molar-refractivity contribution >= 4 is 22.9 Å². The Morgan fingerprint density at radius 2 is 2.35 bits per heavy atom. The molecule has 2 heterocycles. The van der Waals surface area contributed by atoms with Crippen LogP contribution in [0.4, 0.5) is 0 Å². The maximum absolute atomic E-state index is 5.93. The summed E-state index contributed by atoms with van der Waals surface area (Å²) in [6.45, 7) is 4.79. The average Bonchev–Trinajstić information content (AvgIpc) is 2.86. The van der Waals surface area contributed by atoms with Crippen molar-refractivity contribution in [2.24, 2.45) is 7.05 Å². The Morgan fingerprint density at radius 1 is 1.59 bits per heavy atom. The molecule has 0 saturated heterocycles. The largest absolute Gasteiger partial charge is 0.321 e. The second kappa shape index (κ2) is 5.16. The third kappa shape index (κ3) is 2.86.